The van der Waals surface area contributed by atoms with Crippen molar-refractivity contribution in [3.05, 3.63) is 28.8 Å². The molecule has 1 fully saturated rings. The molecule has 98 valence electrons. The summed E-state index contributed by atoms with van der Waals surface area (Å²) in [6.07, 6.45) is 1.10. The van der Waals surface area contributed by atoms with Crippen LogP contribution in [0.1, 0.15) is 16.8 Å². The quantitative estimate of drug-likeness (QED) is 0.878. The first-order valence-electron chi connectivity index (χ1n) is 6.01. The van der Waals surface area contributed by atoms with Gasteiger partial charge in [0.1, 0.15) is 5.75 Å². The summed E-state index contributed by atoms with van der Waals surface area (Å²) in [7, 11) is 2.08. The average Bonchev–Trinajstić information content (AvgIpc) is 2.75. The largest absolute Gasteiger partial charge is 0.508 e. The van der Waals surface area contributed by atoms with Gasteiger partial charge in [0.05, 0.1) is 10.6 Å². The molecule has 0 spiro atoms. The van der Waals surface area contributed by atoms with Crippen LogP contribution in [0, 0.1) is 5.92 Å². The van der Waals surface area contributed by atoms with Crippen LogP contribution in [0.4, 0.5) is 0 Å². The van der Waals surface area contributed by atoms with E-state index in [2.05, 4.69) is 17.3 Å². The third-order valence-corrected chi connectivity index (χ3v) is 3.56. The lowest BCUT2D eigenvalue weighted by atomic mass is 10.1. The number of halogens is 1. The minimum absolute atomic E-state index is 0.0464. The van der Waals surface area contributed by atoms with E-state index in [0.29, 0.717) is 23.0 Å². The molecule has 5 heteroatoms. The maximum atomic E-state index is 11.9. The molecule has 1 saturated heterocycles. The second-order valence-electron chi connectivity index (χ2n) is 4.79. The van der Waals surface area contributed by atoms with E-state index >= 15 is 0 Å². The summed E-state index contributed by atoms with van der Waals surface area (Å²) in [5, 5.41) is 12.6. The molecule has 0 radical (unpaired) electrons. The highest BCUT2D eigenvalue weighted by Crippen LogP contribution is 2.21. The van der Waals surface area contributed by atoms with Crippen LogP contribution in [0.25, 0.3) is 0 Å². The van der Waals surface area contributed by atoms with E-state index in [0.717, 1.165) is 19.5 Å². The van der Waals surface area contributed by atoms with Crippen LogP contribution < -0.4 is 5.32 Å². The number of phenolic OH excluding ortho intramolecular Hbond substituents is 1. The standard InChI is InChI=1S/C13H17ClN2O2/c1-16-5-4-9(8-16)7-15-13(18)11-6-10(17)2-3-12(11)14/h2-3,6,9,17H,4-5,7-8H2,1H3,(H,15,18). The average molecular weight is 269 g/mol. The van der Waals surface area contributed by atoms with E-state index in [1.165, 1.54) is 18.2 Å². The zero-order valence-electron chi connectivity index (χ0n) is 10.3. The summed E-state index contributed by atoms with van der Waals surface area (Å²) in [5.74, 6) is 0.311. The lowest BCUT2D eigenvalue weighted by Gasteiger charge is -2.12. The Morgan fingerprint density at radius 2 is 2.39 bits per heavy atom. The molecule has 1 amide bonds. The summed E-state index contributed by atoms with van der Waals surface area (Å²) in [4.78, 5) is 14.2. The normalized spacial score (nSPS) is 20.0. The van der Waals surface area contributed by atoms with E-state index in [1.54, 1.807) is 0 Å². The predicted molar refractivity (Wildman–Crippen MR) is 71.1 cm³/mol. The smallest absolute Gasteiger partial charge is 0.252 e. The molecule has 1 aromatic rings. The Labute approximate surface area is 112 Å². The maximum absolute atomic E-state index is 11.9. The van der Waals surface area contributed by atoms with Crippen molar-refractivity contribution in [3.8, 4) is 5.75 Å². The fourth-order valence-corrected chi connectivity index (χ4v) is 2.42. The Morgan fingerprint density at radius 3 is 3.06 bits per heavy atom. The van der Waals surface area contributed by atoms with E-state index in [-0.39, 0.29) is 11.7 Å². The molecule has 0 aromatic heterocycles. The van der Waals surface area contributed by atoms with Crippen LogP contribution in [-0.4, -0.2) is 42.6 Å². The fraction of sp³-hybridized carbons (Fsp3) is 0.462. The predicted octanol–water partition coefficient (Wildman–Crippen LogP) is 1.73. The van der Waals surface area contributed by atoms with Crippen LogP contribution in [0.15, 0.2) is 18.2 Å². The molecule has 4 nitrogen and oxygen atoms in total. The number of carbonyl (C=O) groups excluding carboxylic acids is 1. The number of phenols is 1. The van der Waals surface area contributed by atoms with E-state index in [9.17, 15) is 9.90 Å². The van der Waals surface area contributed by atoms with Crippen LogP contribution >= 0.6 is 11.6 Å². The van der Waals surface area contributed by atoms with Crippen molar-refractivity contribution >= 4 is 17.5 Å². The zero-order chi connectivity index (χ0) is 13.1. The van der Waals surface area contributed by atoms with Gasteiger partial charge in [0.15, 0.2) is 0 Å². The second-order valence-corrected chi connectivity index (χ2v) is 5.20. The van der Waals surface area contributed by atoms with Gasteiger partial charge in [-0.1, -0.05) is 11.6 Å². The molecule has 2 N–H and O–H groups in total. The molecule has 1 aliphatic heterocycles. The first-order valence-corrected chi connectivity index (χ1v) is 6.39. The molecule has 0 saturated carbocycles. The van der Waals surface area contributed by atoms with Gasteiger partial charge in [-0.2, -0.15) is 0 Å². The molecular weight excluding hydrogens is 252 g/mol. The number of likely N-dealkylation sites (tertiary alicyclic amines) is 1. The lowest BCUT2D eigenvalue weighted by molar-refractivity contribution is 0.0947. The maximum Gasteiger partial charge on any atom is 0.252 e. The number of nitrogens with zero attached hydrogens (tertiary/aromatic N) is 1. The van der Waals surface area contributed by atoms with Crippen molar-refractivity contribution in [2.75, 3.05) is 26.7 Å². The Hall–Kier alpha value is -1.26. The Morgan fingerprint density at radius 1 is 1.61 bits per heavy atom. The molecule has 1 aliphatic rings. The molecule has 0 bridgehead atoms. The van der Waals surface area contributed by atoms with Crippen molar-refractivity contribution < 1.29 is 9.90 Å². The van der Waals surface area contributed by atoms with Gasteiger partial charge in [-0.05, 0) is 44.1 Å². The molecular formula is C13H17ClN2O2. The van der Waals surface area contributed by atoms with Crippen molar-refractivity contribution in [1.82, 2.24) is 10.2 Å². The number of nitrogens with one attached hydrogen (secondary N) is 1. The monoisotopic (exact) mass is 268 g/mol. The molecule has 1 unspecified atom stereocenters. The van der Waals surface area contributed by atoms with Crippen molar-refractivity contribution in [2.24, 2.45) is 5.92 Å². The summed E-state index contributed by atoms with van der Waals surface area (Å²) >= 11 is 5.93. The second kappa shape index (κ2) is 5.59. The van der Waals surface area contributed by atoms with Gasteiger partial charge < -0.3 is 15.3 Å². The van der Waals surface area contributed by atoms with Crippen molar-refractivity contribution in [3.63, 3.8) is 0 Å². The Kier molecular flexibility index (Phi) is 4.09. The molecule has 18 heavy (non-hydrogen) atoms. The lowest BCUT2D eigenvalue weighted by Crippen LogP contribution is -2.30. The van der Waals surface area contributed by atoms with E-state index in [1.807, 2.05) is 0 Å². The van der Waals surface area contributed by atoms with Gasteiger partial charge in [-0.15, -0.1) is 0 Å². The van der Waals surface area contributed by atoms with Crippen LogP contribution in [0.5, 0.6) is 5.75 Å². The first-order chi connectivity index (χ1) is 8.56. The number of amides is 1. The number of benzene rings is 1. The molecule has 1 aromatic carbocycles. The summed E-state index contributed by atoms with van der Waals surface area (Å²) in [6, 6.07) is 4.37. The van der Waals surface area contributed by atoms with E-state index in [4.69, 9.17) is 11.6 Å². The number of aromatic hydroxyl groups is 1. The highest BCUT2D eigenvalue weighted by Gasteiger charge is 2.20. The third-order valence-electron chi connectivity index (χ3n) is 3.23. The Bertz CT molecular complexity index is 451. The van der Waals surface area contributed by atoms with Gasteiger partial charge in [-0.25, -0.2) is 0 Å². The SMILES string of the molecule is CN1CCC(CNC(=O)c2cc(O)ccc2Cl)C1. The Balaban J connectivity index is 1.93. The summed E-state index contributed by atoms with van der Waals surface area (Å²) in [6.45, 7) is 2.73. The van der Waals surface area contributed by atoms with Crippen molar-refractivity contribution in [1.29, 1.82) is 0 Å². The van der Waals surface area contributed by atoms with E-state index < -0.39 is 0 Å². The van der Waals surface area contributed by atoms with Crippen molar-refractivity contribution in [2.45, 2.75) is 6.42 Å². The first kappa shape index (κ1) is 13.2. The summed E-state index contributed by atoms with van der Waals surface area (Å²) in [5.41, 5.74) is 0.322. The van der Waals surface area contributed by atoms with Crippen LogP contribution in [0.3, 0.4) is 0 Å². The summed E-state index contributed by atoms with van der Waals surface area (Å²) < 4.78 is 0. The molecule has 1 atom stereocenters. The number of carbonyl (C=O) groups is 1. The number of rotatable bonds is 3. The molecule has 1 heterocycles. The van der Waals surface area contributed by atoms with Crippen LogP contribution in [0.2, 0.25) is 5.02 Å². The fourth-order valence-electron chi connectivity index (χ4n) is 2.21. The van der Waals surface area contributed by atoms with Gasteiger partial charge in [0.2, 0.25) is 0 Å². The molecule has 2 rings (SSSR count). The van der Waals surface area contributed by atoms with Gasteiger partial charge in [-0.3, -0.25) is 4.79 Å². The zero-order valence-corrected chi connectivity index (χ0v) is 11.1. The minimum Gasteiger partial charge on any atom is -0.508 e. The third kappa shape index (κ3) is 3.15. The van der Waals surface area contributed by atoms with Crippen LogP contribution in [-0.2, 0) is 0 Å². The highest BCUT2D eigenvalue weighted by atomic mass is 35.5. The van der Waals surface area contributed by atoms with Gasteiger partial charge in [0, 0.05) is 13.1 Å². The molecule has 0 aliphatic carbocycles. The van der Waals surface area contributed by atoms with Gasteiger partial charge >= 0.3 is 0 Å². The highest BCUT2D eigenvalue weighted by molar-refractivity contribution is 6.33. The minimum atomic E-state index is -0.231. The van der Waals surface area contributed by atoms with Gasteiger partial charge in [0.25, 0.3) is 5.91 Å². The number of hydrogen-bond donors (Lipinski definition) is 2. The number of hydrogen-bond acceptors (Lipinski definition) is 3. The topological polar surface area (TPSA) is 52.6 Å².